The summed E-state index contributed by atoms with van der Waals surface area (Å²) in [6, 6.07) is 9.57. The number of nitrogens with one attached hydrogen (secondary N) is 1. The van der Waals surface area contributed by atoms with Gasteiger partial charge in [0.15, 0.2) is 0 Å². The highest BCUT2D eigenvalue weighted by molar-refractivity contribution is 5.92. The number of nitrogens with zero attached hydrogens (tertiary/aromatic N) is 2. The van der Waals surface area contributed by atoms with E-state index in [2.05, 4.69) is 27.3 Å². The molecule has 2 heterocycles. The van der Waals surface area contributed by atoms with Gasteiger partial charge in [0.1, 0.15) is 11.6 Å². The standard InChI is InChI=1S/C17H21N3O/c1-21-15-5-2-12-6-8-18-17(16(12)10-15)19-13-7-9-20(11-13)14-3-4-14/h2,5-6,8,10,13-14H,3-4,7,9,11H2,1H3,(H,18,19). The van der Waals surface area contributed by atoms with Crippen LogP contribution in [0.3, 0.4) is 0 Å². The average Bonchev–Trinajstić information content (AvgIpc) is 3.27. The number of pyridine rings is 1. The fraction of sp³-hybridized carbons (Fsp3) is 0.471. The molecule has 4 rings (SSSR count). The van der Waals surface area contributed by atoms with E-state index in [1.54, 1.807) is 7.11 Å². The summed E-state index contributed by atoms with van der Waals surface area (Å²) in [5, 5.41) is 5.98. The zero-order valence-electron chi connectivity index (χ0n) is 12.4. The van der Waals surface area contributed by atoms with Crippen molar-refractivity contribution in [2.24, 2.45) is 0 Å². The van der Waals surface area contributed by atoms with Gasteiger partial charge in [0, 0.05) is 36.8 Å². The van der Waals surface area contributed by atoms with Crippen LogP contribution in [0.2, 0.25) is 0 Å². The summed E-state index contributed by atoms with van der Waals surface area (Å²) >= 11 is 0. The first-order valence-corrected chi connectivity index (χ1v) is 7.77. The second-order valence-corrected chi connectivity index (χ2v) is 6.10. The van der Waals surface area contributed by atoms with Crippen LogP contribution in [-0.4, -0.2) is 42.2 Å². The van der Waals surface area contributed by atoms with Crippen molar-refractivity contribution >= 4 is 16.6 Å². The number of aromatic nitrogens is 1. The van der Waals surface area contributed by atoms with Gasteiger partial charge in [-0.1, -0.05) is 6.07 Å². The van der Waals surface area contributed by atoms with Crippen molar-refractivity contribution in [2.75, 3.05) is 25.5 Å². The van der Waals surface area contributed by atoms with Gasteiger partial charge in [-0.3, -0.25) is 4.90 Å². The van der Waals surface area contributed by atoms with E-state index in [4.69, 9.17) is 4.74 Å². The van der Waals surface area contributed by atoms with Gasteiger partial charge in [-0.15, -0.1) is 0 Å². The molecule has 2 aromatic rings. The first-order valence-electron chi connectivity index (χ1n) is 7.77. The maximum atomic E-state index is 5.34. The Balaban J connectivity index is 1.57. The maximum Gasteiger partial charge on any atom is 0.134 e. The highest BCUT2D eigenvalue weighted by atomic mass is 16.5. The van der Waals surface area contributed by atoms with Crippen LogP contribution in [0.25, 0.3) is 10.8 Å². The van der Waals surface area contributed by atoms with Crippen LogP contribution in [0.15, 0.2) is 30.5 Å². The van der Waals surface area contributed by atoms with Gasteiger partial charge in [0.25, 0.3) is 0 Å². The summed E-state index contributed by atoms with van der Waals surface area (Å²) in [7, 11) is 1.70. The van der Waals surface area contributed by atoms with Crippen LogP contribution in [0, 0.1) is 0 Å². The van der Waals surface area contributed by atoms with E-state index < -0.39 is 0 Å². The smallest absolute Gasteiger partial charge is 0.134 e. The third kappa shape index (κ3) is 2.56. The number of hydrogen-bond donors (Lipinski definition) is 1. The Hall–Kier alpha value is -1.81. The monoisotopic (exact) mass is 283 g/mol. The molecular formula is C17H21N3O. The van der Waals surface area contributed by atoms with Crippen molar-refractivity contribution in [1.82, 2.24) is 9.88 Å². The summed E-state index contributed by atoms with van der Waals surface area (Å²) < 4.78 is 5.34. The first-order chi connectivity index (χ1) is 10.3. The highest BCUT2D eigenvalue weighted by Gasteiger charge is 2.34. The van der Waals surface area contributed by atoms with E-state index in [0.29, 0.717) is 6.04 Å². The molecule has 1 unspecified atom stereocenters. The molecule has 2 aliphatic rings. The van der Waals surface area contributed by atoms with E-state index in [0.717, 1.165) is 29.5 Å². The molecule has 110 valence electrons. The predicted octanol–water partition coefficient (Wildman–Crippen LogP) is 2.89. The fourth-order valence-electron chi connectivity index (χ4n) is 3.26. The fourth-order valence-corrected chi connectivity index (χ4v) is 3.26. The van der Waals surface area contributed by atoms with Crippen LogP contribution in [0.4, 0.5) is 5.82 Å². The van der Waals surface area contributed by atoms with Crippen LogP contribution in [0.5, 0.6) is 5.75 Å². The number of likely N-dealkylation sites (tertiary alicyclic amines) is 1. The minimum Gasteiger partial charge on any atom is -0.497 e. The van der Waals surface area contributed by atoms with Gasteiger partial charge in [-0.2, -0.15) is 0 Å². The number of hydrogen-bond acceptors (Lipinski definition) is 4. The van der Waals surface area contributed by atoms with Gasteiger partial charge in [-0.25, -0.2) is 4.98 Å². The molecule has 0 radical (unpaired) electrons. The normalized spacial score (nSPS) is 22.6. The zero-order valence-corrected chi connectivity index (χ0v) is 12.4. The number of fused-ring (bicyclic) bond motifs is 1. The van der Waals surface area contributed by atoms with Crippen LogP contribution >= 0.6 is 0 Å². The number of anilines is 1. The molecule has 4 heteroatoms. The van der Waals surface area contributed by atoms with Gasteiger partial charge in [0.2, 0.25) is 0 Å². The second kappa shape index (κ2) is 5.19. The SMILES string of the molecule is COc1ccc2ccnc(NC3CCN(C4CC4)C3)c2c1. The molecule has 1 aliphatic carbocycles. The highest BCUT2D eigenvalue weighted by Crippen LogP contribution is 2.31. The Labute approximate surface area is 125 Å². The summed E-state index contributed by atoms with van der Waals surface area (Å²) in [4.78, 5) is 7.16. The Morgan fingerprint density at radius 2 is 2.14 bits per heavy atom. The van der Waals surface area contributed by atoms with Crippen molar-refractivity contribution < 1.29 is 4.74 Å². The van der Waals surface area contributed by atoms with Crippen LogP contribution in [0.1, 0.15) is 19.3 Å². The maximum absolute atomic E-state index is 5.34. The molecule has 1 aliphatic heterocycles. The van der Waals surface area contributed by atoms with E-state index in [-0.39, 0.29) is 0 Å². The average molecular weight is 283 g/mol. The molecule has 0 amide bonds. The van der Waals surface area contributed by atoms with Gasteiger partial charge in [0.05, 0.1) is 7.11 Å². The van der Waals surface area contributed by atoms with E-state index in [1.165, 1.54) is 31.2 Å². The van der Waals surface area contributed by atoms with Crippen molar-refractivity contribution in [3.05, 3.63) is 30.5 Å². The number of methoxy groups -OCH3 is 1. The van der Waals surface area contributed by atoms with Crippen LogP contribution in [-0.2, 0) is 0 Å². The Kier molecular flexibility index (Phi) is 3.19. The van der Waals surface area contributed by atoms with Gasteiger partial charge in [-0.05, 0) is 42.8 Å². The molecule has 1 saturated carbocycles. The molecule has 1 aromatic heterocycles. The number of ether oxygens (including phenoxy) is 1. The van der Waals surface area contributed by atoms with E-state index in [9.17, 15) is 0 Å². The van der Waals surface area contributed by atoms with Crippen LogP contribution < -0.4 is 10.1 Å². The third-order valence-corrected chi connectivity index (χ3v) is 4.60. The minimum absolute atomic E-state index is 0.509. The summed E-state index contributed by atoms with van der Waals surface area (Å²) in [5.74, 6) is 1.86. The van der Waals surface area contributed by atoms with Crippen molar-refractivity contribution in [3.63, 3.8) is 0 Å². The molecule has 1 N–H and O–H groups in total. The Morgan fingerprint density at radius 1 is 1.24 bits per heavy atom. The summed E-state index contributed by atoms with van der Waals surface area (Å²) in [6.45, 7) is 2.36. The van der Waals surface area contributed by atoms with Crippen molar-refractivity contribution in [1.29, 1.82) is 0 Å². The Morgan fingerprint density at radius 3 is 2.95 bits per heavy atom. The summed E-state index contributed by atoms with van der Waals surface area (Å²) in [5.41, 5.74) is 0. The predicted molar refractivity (Wildman–Crippen MR) is 84.9 cm³/mol. The molecule has 0 bridgehead atoms. The quantitative estimate of drug-likeness (QED) is 0.936. The molecule has 4 nitrogen and oxygen atoms in total. The molecule has 0 spiro atoms. The van der Waals surface area contributed by atoms with E-state index >= 15 is 0 Å². The molecule has 1 saturated heterocycles. The first kappa shape index (κ1) is 12.9. The largest absolute Gasteiger partial charge is 0.497 e. The van der Waals surface area contributed by atoms with Crippen molar-refractivity contribution in [3.8, 4) is 5.75 Å². The summed E-state index contributed by atoms with van der Waals surface area (Å²) in [6.07, 6.45) is 5.86. The van der Waals surface area contributed by atoms with Gasteiger partial charge < -0.3 is 10.1 Å². The lowest BCUT2D eigenvalue weighted by molar-refractivity contribution is 0.326. The number of benzene rings is 1. The number of rotatable bonds is 4. The lowest BCUT2D eigenvalue weighted by Gasteiger charge is -2.17. The van der Waals surface area contributed by atoms with Crippen molar-refractivity contribution in [2.45, 2.75) is 31.3 Å². The lowest BCUT2D eigenvalue weighted by Crippen LogP contribution is -2.28. The molecule has 1 aromatic carbocycles. The Bertz CT molecular complexity index is 654. The molecular weight excluding hydrogens is 262 g/mol. The zero-order chi connectivity index (χ0) is 14.2. The third-order valence-electron chi connectivity index (χ3n) is 4.60. The molecule has 2 fully saturated rings. The van der Waals surface area contributed by atoms with Gasteiger partial charge >= 0.3 is 0 Å². The second-order valence-electron chi connectivity index (χ2n) is 6.10. The topological polar surface area (TPSA) is 37.4 Å². The van der Waals surface area contributed by atoms with E-state index in [1.807, 2.05) is 18.3 Å². The minimum atomic E-state index is 0.509. The molecule has 21 heavy (non-hydrogen) atoms. The lowest BCUT2D eigenvalue weighted by atomic mass is 10.1. The molecule has 1 atom stereocenters.